The van der Waals surface area contributed by atoms with Gasteiger partial charge in [-0.3, -0.25) is 14.5 Å². The second kappa shape index (κ2) is 9.85. The topological polar surface area (TPSA) is 90.7 Å². The molecule has 1 saturated heterocycles. The summed E-state index contributed by atoms with van der Waals surface area (Å²) in [7, 11) is 3.51. The van der Waals surface area contributed by atoms with Gasteiger partial charge in [0, 0.05) is 58.9 Å². The SMILES string of the molecule is CN=C(NCCC(=O)N1CCN(c2ccc(F)cc2)CC1)NCc1ncnn1C. The summed E-state index contributed by atoms with van der Waals surface area (Å²) in [6.45, 7) is 3.80. The van der Waals surface area contributed by atoms with Crippen LogP contribution in [0.3, 0.4) is 0 Å². The van der Waals surface area contributed by atoms with Gasteiger partial charge in [0.1, 0.15) is 18.0 Å². The molecule has 2 N–H and O–H groups in total. The van der Waals surface area contributed by atoms with Crippen LogP contribution in [0.5, 0.6) is 0 Å². The summed E-state index contributed by atoms with van der Waals surface area (Å²) >= 11 is 0. The molecule has 3 rings (SSSR count). The summed E-state index contributed by atoms with van der Waals surface area (Å²) in [5.74, 6) is 1.28. The van der Waals surface area contributed by atoms with Crippen molar-refractivity contribution in [1.82, 2.24) is 30.3 Å². The van der Waals surface area contributed by atoms with E-state index in [9.17, 15) is 9.18 Å². The summed E-state index contributed by atoms with van der Waals surface area (Å²) in [6.07, 6.45) is 1.89. The Balaban J connectivity index is 1.37. The Morgan fingerprint density at radius 3 is 2.52 bits per heavy atom. The van der Waals surface area contributed by atoms with Crippen LogP contribution in [0.1, 0.15) is 12.2 Å². The van der Waals surface area contributed by atoms with E-state index in [1.54, 1.807) is 23.9 Å². The second-order valence-corrected chi connectivity index (χ2v) is 6.75. The molecular weight excluding hydrogens is 375 g/mol. The van der Waals surface area contributed by atoms with E-state index in [2.05, 4.69) is 30.6 Å². The van der Waals surface area contributed by atoms with Gasteiger partial charge in [0.2, 0.25) is 5.91 Å². The molecule has 0 saturated carbocycles. The molecule has 0 unspecified atom stereocenters. The van der Waals surface area contributed by atoms with Crippen LogP contribution in [-0.2, 0) is 18.4 Å². The first-order valence-electron chi connectivity index (χ1n) is 9.62. The van der Waals surface area contributed by atoms with Crippen molar-refractivity contribution in [2.75, 3.05) is 44.7 Å². The molecule has 156 valence electrons. The molecule has 0 aliphatic carbocycles. The number of amides is 1. The molecular formula is C19H27FN8O. The van der Waals surface area contributed by atoms with Gasteiger partial charge in [-0.05, 0) is 24.3 Å². The lowest BCUT2D eigenvalue weighted by Gasteiger charge is -2.36. The fourth-order valence-electron chi connectivity index (χ4n) is 3.18. The molecule has 1 aromatic heterocycles. The largest absolute Gasteiger partial charge is 0.368 e. The van der Waals surface area contributed by atoms with E-state index in [1.807, 2.05) is 11.9 Å². The minimum absolute atomic E-state index is 0.111. The number of aliphatic imine (C=N–C) groups is 1. The lowest BCUT2D eigenvalue weighted by atomic mass is 10.2. The maximum atomic E-state index is 13.1. The molecule has 9 nitrogen and oxygen atoms in total. The van der Waals surface area contributed by atoms with Crippen LogP contribution in [0.4, 0.5) is 10.1 Å². The van der Waals surface area contributed by atoms with Crippen LogP contribution in [0.2, 0.25) is 0 Å². The van der Waals surface area contributed by atoms with E-state index in [-0.39, 0.29) is 11.7 Å². The average molecular weight is 402 g/mol. The third kappa shape index (κ3) is 5.66. The van der Waals surface area contributed by atoms with Crippen molar-refractivity contribution in [1.29, 1.82) is 0 Å². The molecule has 1 amide bonds. The molecule has 10 heteroatoms. The average Bonchev–Trinajstić information content (AvgIpc) is 3.16. The molecule has 0 atom stereocenters. The molecule has 2 aromatic rings. The highest BCUT2D eigenvalue weighted by molar-refractivity contribution is 5.81. The molecule has 29 heavy (non-hydrogen) atoms. The number of anilines is 1. The van der Waals surface area contributed by atoms with Crippen LogP contribution in [-0.4, -0.2) is 71.3 Å². The van der Waals surface area contributed by atoms with Crippen molar-refractivity contribution in [3.8, 4) is 0 Å². The van der Waals surface area contributed by atoms with Gasteiger partial charge in [-0.2, -0.15) is 5.10 Å². The highest BCUT2D eigenvalue weighted by Gasteiger charge is 2.21. The Hall–Kier alpha value is -3.17. The van der Waals surface area contributed by atoms with Crippen molar-refractivity contribution in [3.63, 3.8) is 0 Å². The number of aryl methyl sites for hydroxylation is 1. The number of rotatable bonds is 6. The first-order valence-corrected chi connectivity index (χ1v) is 9.62. The Morgan fingerprint density at radius 2 is 1.90 bits per heavy atom. The molecule has 0 radical (unpaired) electrons. The molecule has 0 spiro atoms. The zero-order chi connectivity index (χ0) is 20.6. The number of nitrogens with one attached hydrogen (secondary N) is 2. The Kier molecular flexibility index (Phi) is 6.99. The smallest absolute Gasteiger partial charge is 0.224 e. The summed E-state index contributed by atoms with van der Waals surface area (Å²) < 4.78 is 14.8. The predicted octanol–water partition coefficient (Wildman–Crippen LogP) is 0.358. The van der Waals surface area contributed by atoms with Crippen LogP contribution in [0.25, 0.3) is 0 Å². The lowest BCUT2D eigenvalue weighted by Crippen LogP contribution is -2.49. The zero-order valence-corrected chi connectivity index (χ0v) is 16.8. The number of benzene rings is 1. The van der Waals surface area contributed by atoms with Crippen molar-refractivity contribution in [3.05, 3.63) is 42.2 Å². The third-order valence-corrected chi connectivity index (χ3v) is 4.90. The molecule has 1 aliphatic heterocycles. The lowest BCUT2D eigenvalue weighted by molar-refractivity contribution is -0.131. The van der Waals surface area contributed by atoms with Crippen molar-refractivity contribution >= 4 is 17.6 Å². The number of hydrogen-bond acceptors (Lipinski definition) is 5. The third-order valence-electron chi connectivity index (χ3n) is 4.90. The van der Waals surface area contributed by atoms with E-state index < -0.39 is 0 Å². The van der Waals surface area contributed by atoms with E-state index >= 15 is 0 Å². The summed E-state index contributed by atoms with van der Waals surface area (Å²) in [4.78, 5) is 24.8. The number of carbonyl (C=O) groups is 1. The van der Waals surface area contributed by atoms with Crippen molar-refractivity contribution in [2.45, 2.75) is 13.0 Å². The maximum Gasteiger partial charge on any atom is 0.224 e. The van der Waals surface area contributed by atoms with Crippen LogP contribution in [0.15, 0.2) is 35.6 Å². The van der Waals surface area contributed by atoms with Gasteiger partial charge >= 0.3 is 0 Å². The molecule has 2 heterocycles. The quantitative estimate of drug-likeness (QED) is 0.536. The summed E-state index contributed by atoms with van der Waals surface area (Å²) in [6, 6.07) is 6.47. The van der Waals surface area contributed by atoms with E-state index in [0.29, 0.717) is 38.6 Å². The van der Waals surface area contributed by atoms with Crippen molar-refractivity contribution in [2.24, 2.45) is 12.0 Å². The molecule has 1 fully saturated rings. The normalized spacial score (nSPS) is 14.8. The first-order chi connectivity index (χ1) is 14.1. The van der Waals surface area contributed by atoms with Gasteiger partial charge in [0.15, 0.2) is 5.96 Å². The van der Waals surface area contributed by atoms with Crippen LogP contribution in [0, 0.1) is 5.82 Å². The standard InChI is InChI=1S/C19H27FN8O/c1-21-19(23-13-17-24-14-25-26(17)2)22-8-7-18(29)28-11-9-27(10-12-28)16-5-3-15(20)4-6-16/h3-6,14H,7-13H2,1-2H3,(H2,21,22,23). The minimum Gasteiger partial charge on any atom is -0.368 e. The van der Waals surface area contributed by atoms with Gasteiger partial charge in [0.05, 0.1) is 6.54 Å². The highest BCUT2D eigenvalue weighted by atomic mass is 19.1. The van der Waals surface area contributed by atoms with Crippen LogP contribution < -0.4 is 15.5 Å². The van der Waals surface area contributed by atoms with E-state index in [4.69, 9.17) is 0 Å². The Labute approximate surface area is 169 Å². The van der Waals surface area contributed by atoms with Gasteiger partial charge in [0.25, 0.3) is 0 Å². The zero-order valence-electron chi connectivity index (χ0n) is 16.8. The molecule has 0 bridgehead atoms. The summed E-state index contributed by atoms with van der Waals surface area (Å²) in [5.41, 5.74) is 0.984. The Morgan fingerprint density at radius 1 is 1.17 bits per heavy atom. The van der Waals surface area contributed by atoms with E-state index in [1.165, 1.54) is 18.5 Å². The fraction of sp³-hybridized carbons (Fsp3) is 0.474. The first kappa shape index (κ1) is 20.6. The monoisotopic (exact) mass is 402 g/mol. The minimum atomic E-state index is -0.240. The van der Waals surface area contributed by atoms with Gasteiger partial charge < -0.3 is 20.4 Å². The number of aromatic nitrogens is 3. The highest BCUT2D eigenvalue weighted by Crippen LogP contribution is 2.17. The predicted molar refractivity (Wildman–Crippen MR) is 109 cm³/mol. The molecule has 1 aromatic carbocycles. The number of guanidine groups is 1. The van der Waals surface area contributed by atoms with Crippen molar-refractivity contribution < 1.29 is 9.18 Å². The Bertz CT molecular complexity index is 827. The summed E-state index contributed by atoms with van der Waals surface area (Å²) in [5, 5.41) is 10.3. The molecule has 1 aliphatic rings. The van der Waals surface area contributed by atoms with Crippen LogP contribution >= 0.6 is 0 Å². The van der Waals surface area contributed by atoms with Gasteiger partial charge in [-0.1, -0.05) is 0 Å². The second-order valence-electron chi connectivity index (χ2n) is 6.75. The number of nitrogens with zero attached hydrogens (tertiary/aromatic N) is 6. The van der Waals surface area contributed by atoms with E-state index in [0.717, 1.165) is 24.6 Å². The van der Waals surface area contributed by atoms with Gasteiger partial charge in [-0.25, -0.2) is 9.37 Å². The number of piperazine rings is 1. The number of hydrogen-bond donors (Lipinski definition) is 2. The number of carbonyl (C=O) groups excluding carboxylic acids is 1. The maximum absolute atomic E-state index is 13.1. The fourth-order valence-corrected chi connectivity index (χ4v) is 3.18. The number of halogens is 1. The van der Waals surface area contributed by atoms with Gasteiger partial charge in [-0.15, -0.1) is 0 Å².